The van der Waals surface area contributed by atoms with Crippen LogP contribution < -0.4 is 64.2 Å². The van der Waals surface area contributed by atoms with E-state index in [0.717, 1.165) is 17.3 Å². The number of phenolic OH excluding ortho intramolecular Hbond substituents is 1. The van der Waals surface area contributed by atoms with Crippen molar-refractivity contribution in [1.82, 2.24) is 63.5 Å². The number of aliphatic hydroxyl groups excluding tert-OH is 1. The Morgan fingerprint density at radius 3 is 1.90 bits per heavy atom. The molecule has 4 unspecified atom stereocenters. The van der Waals surface area contributed by atoms with Crippen LogP contribution in [0.5, 0.6) is 5.75 Å². The normalized spacial score (nSPS) is 22.0. The number of carbonyl (C=O) groups excluding carboxylic acids is 14. The van der Waals surface area contributed by atoms with Gasteiger partial charge in [-0.05, 0) is 159 Å². The molecule has 0 aliphatic carbocycles. The third-order valence-electron chi connectivity index (χ3n) is 20.7. The first-order valence-electron chi connectivity index (χ1n) is 40.2. The van der Waals surface area contributed by atoms with Crippen LogP contribution in [0.4, 0.5) is 0 Å². The molecule has 0 radical (unpaired) electrons. The van der Waals surface area contributed by atoms with Gasteiger partial charge in [-0.25, -0.2) is 0 Å². The molecule has 1 aliphatic heterocycles. The summed E-state index contributed by atoms with van der Waals surface area (Å²) >= 11 is 0. The lowest BCUT2D eigenvalue weighted by molar-refractivity contribution is -0.141. The lowest BCUT2D eigenvalue weighted by Crippen LogP contribution is -2.64. The lowest BCUT2D eigenvalue weighted by atomic mass is 9.87. The Morgan fingerprint density at radius 1 is 0.623 bits per heavy atom. The summed E-state index contributed by atoms with van der Waals surface area (Å²) in [4.78, 5) is 201. The van der Waals surface area contributed by atoms with Crippen molar-refractivity contribution in [3.63, 3.8) is 0 Å². The number of benzene rings is 3. The van der Waals surface area contributed by atoms with Gasteiger partial charge in [0.1, 0.15) is 53.1 Å². The molecule has 11 amide bonds. The van der Waals surface area contributed by atoms with Gasteiger partial charge in [0.05, 0.1) is 30.1 Å². The van der Waals surface area contributed by atoms with E-state index in [2.05, 4.69) is 63.5 Å². The minimum atomic E-state index is -1.82. The summed E-state index contributed by atoms with van der Waals surface area (Å²) in [6.45, 7) is 20.6. The third kappa shape index (κ3) is 30.6. The summed E-state index contributed by atoms with van der Waals surface area (Å²) < 4.78 is 0. The molecular formula is C85H125N13O16. The number of primary amides is 1. The van der Waals surface area contributed by atoms with Crippen LogP contribution in [0, 0.1) is 23.7 Å². The molecule has 29 nitrogen and oxygen atoms in total. The number of unbranched alkanes of at least 4 members (excludes halogenated alkanes) is 1. The van der Waals surface area contributed by atoms with E-state index in [4.69, 9.17) is 5.73 Å². The number of aromatic nitrogens is 1. The molecule has 5 rings (SSSR count). The monoisotopic (exact) mass is 1580 g/mol. The summed E-state index contributed by atoms with van der Waals surface area (Å²) in [5.41, 5.74) is 4.34. The van der Waals surface area contributed by atoms with E-state index in [0.29, 0.717) is 74.5 Å². The first-order valence-corrected chi connectivity index (χ1v) is 40.2. The minimum Gasteiger partial charge on any atom is -0.508 e. The summed E-state index contributed by atoms with van der Waals surface area (Å²) in [5.74, 6) is -12.1. The fourth-order valence-electron chi connectivity index (χ4n) is 13.7. The molecule has 14 atom stereocenters. The predicted octanol–water partition coefficient (Wildman–Crippen LogP) is 5.54. The smallest absolute Gasteiger partial charge is 0.246 e. The topological polar surface area (TPSA) is 454 Å². The number of ketones is 3. The Bertz CT molecular complexity index is 3960. The lowest BCUT2D eigenvalue weighted by Gasteiger charge is -2.33. The molecule has 0 spiro atoms. The van der Waals surface area contributed by atoms with E-state index < -0.39 is 166 Å². The van der Waals surface area contributed by atoms with Crippen LogP contribution in [0.3, 0.4) is 0 Å². The number of Topliss-reactive ketones (excluding diaryl/α,β-unsaturated/α-hetero) is 3. The molecule has 1 aliphatic rings. The number of para-hydroxylation sites is 1. The average Bonchev–Trinajstić information content (AvgIpc) is 1.62. The number of carbonyl (C=O) groups is 14. The second-order valence-corrected chi connectivity index (χ2v) is 31.9. The van der Waals surface area contributed by atoms with E-state index in [1.165, 1.54) is 67.5 Å². The zero-order valence-electron chi connectivity index (χ0n) is 68.6. The fourth-order valence-corrected chi connectivity index (χ4v) is 13.7. The number of hydrogen-bond donors (Lipinski definition) is 15. The van der Waals surface area contributed by atoms with Crippen molar-refractivity contribution in [3.8, 4) is 5.75 Å². The Balaban J connectivity index is 1.53. The van der Waals surface area contributed by atoms with Crippen molar-refractivity contribution in [2.45, 2.75) is 284 Å². The quantitative estimate of drug-likeness (QED) is 0.0211. The summed E-state index contributed by atoms with van der Waals surface area (Å²) in [7, 11) is 0. The molecule has 626 valence electrons. The van der Waals surface area contributed by atoms with Crippen LogP contribution in [-0.2, 0) is 86.4 Å². The highest BCUT2D eigenvalue weighted by Crippen LogP contribution is 2.27. The number of aliphatic hydroxyl groups is 1. The molecule has 0 bridgehead atoms. The summed E-state index contributed by atoms with van der Waals surface area (Å²) in [5, 5.41) is 52.6. The van der Waals surface area contributed by atoms with E-state index >= 15 is 24.0 Å². The number of rotatable bonds is 32. The molecule has 3 aromatic carbocycles. The van der Waals surface area contributed by atoms with Crippen molar-refractivity contribution in [1.29, 1.82) is 0 Å². The number of phenols is 1. The van der Waals surface area contributed by atoms with Crippen LogP contribution in [-0.4, -0.2) is 176 Å². The zero-order valence-corrected chi connectivity index (χ0v) is 68.6. The Hall–Kier alpha value is -10.2. The predicted molar refractivity (Wildman–Crippen MR) is 434 cm³/mol. The maximum atomic E-state index is 15.2. The number of nitrogens with one attached hydrogen (secondary N) is 12. The largest absolute Gasteiger partial charge is 0.508 e. The molecule has 114 heavy (non-hydrogen) atoms. The second-order valence-electron chi connectivity index (χ2n) is 31.9. The molecule has 16 N–H and O–H groups in total. The number of aromatic hydroxyl groups is 1. The first kappa shape index (κ1) is 94.4. The first-order chi connectivity index (χ1) is 53.8. The van der Waals surface area contributed by atoms with Crippen LogP contribution in [0.1, 0.15) is 209 Å². The maximum absolute atomic E-state index is 15.2. The van der Waals surface area contributed by atoms with Gasteiger partial charge in [-0.3, -0.25) is 67.1 Å². The van der Waals surface area contributed by atoms with Gasteiger partial charge in [0, 0.05) is 62.2 Å². The van der Waals surface area contributed by atoms with Crippen molar-refractivity contribution < 1.29 is 77.3 Å². The molecule has 0 fully saturated rings. The van der Waals surface area contributed by atoms with Crippen LogP contribution in [0.15, 0.2) is 97.2 Å². The molecule has 1 aromatic heterocycles. The number of allylic oxidation sites excluding steroid dienone is 2. The van der Waals surface area contributed by atoms with E-state index in [9.17, 15) is 53.4 Å². The Kier molecular flexibility index (Phi) is 38.3. The highest BCUT2D eigenvalue weighted by Gasteiger charge is 2.43. The second kappa shape index (κ2) is 46.3. The van der Waals surface area contributed by atoms with Gasteiger partial charge in [-0.2, -0.15) is 0 Å². The summed E-state index contributed by atoms with van der Waals surface area (Å²) in [6.07, 6.45) is 9.39. The third-order valence-corrected chi connectivity index (χ3v) is 20.7. The molecular weight excluding hydrogens is 1460 g/mol. The van der Waals surface area contributed by atoms with Gasteiger partial charge in [-0.15, -0.1) is 0 Å². The summed E-state index contributed by atoms with van der Waals surface area (Å²) in [6, 6.07) is 10.2. The number of fused-ring (bicyclic) bond motifs is 1. The van der Waals surface area contributed by atoms with Crippen LogP contribution in [0.2, 0.25) is 0 Å². The Morgan fingerprint density at radius 2 is 1.26 bits per heavy atom. The highest BCUT2D eigenvalue weighted by atomic mass is 16.3. The molecule has 4 aromatic rings. The van der Waals surface area contributed by atoms with Gasteiger partial charge in [0.2, 0.25) is 76.5 Å². The fraction of sp³-hybridized carbons (Fsp3) is 0.576. The van der Waals surface area contributed by atoms with Gasteiger partial charge in [0.25, 0.3) is 0 Å². The average molecular weight is 1590 g/mol. The van der Waals surface area contributed by atoms with E-state index in [-0.39, 0.29) is 81.9 Å². The molecule has 0 saturated heterocycles. The number of aromatic amines is 1. The molecule has 2 heterocycles. The van der Waals surface area contributed by atoms with E-state index in [1.54, 1.807) is 48.7 Å². The molecule has 29 heteroatoms. The highest BCUT2D eigenvalue weighted by molar-refractivity contribution is 6.41. The maximum Gasteiger partial charge on any atom is 0.246 e. The van der Waals surface area contributed by atoms with Crippen molar-refractivity contribution in [3.05, 3.63) is 114 Å². The van der Waals surface area contributed by atoms with Gasteiger partial charge < -0.3 is 79.4 Å². The standard InChI is InChI=1S/C85H125N13O16/c1-14-15-32-61(76(107)89-54(8)74(86)105)48-87-52(6)72(103)73(104)53(7)90-82(113)84(12)41-28-21-19-17-16-18-20-22-29-42-85(13,98-80(111)69(45-58-30-24-23-25-31-58)95-81(112)71(56(10)99)96-79(110)67(44-51(4)5)92-57(11)100)83(114)91-55(9)75(106)94-68(46-59-35-38-63(101)39-36-59)78(109)93-66(47-62-49-88-65-34-27-26-33-64(62)65)70(102)40-37-60(43-50(2)3)77(108)97-84/h17,19,23-27,30-31,33-36,38-39,49-56,60-61,66-69,71,87-88,99,101H,14-16,18,20-22,28-29,32,37,40-48H2,1-13H3,(H2,86,105)(H,89,107)(H,90,113)(H,91,114)(H,92,100)(H,93,109)(H,94,106)(H,95,112)(H,96,110)(H,97,108)(H,98,111)/b19-17+/t52?,53?,54?,55?,56-,60+,61-,66+,67+,68+,69+,71+,84+,85-/m1/s1. The zero-order chi connectivity index (χ0) is 84.6. The van der Waals surface area contributed by atoms with Crippen LogP contribution in [0.25, 0.3) is 10.9 Å². The van der Waals surface area contributed by atoms with Gasteiger partial charge in [0.15, 0.2) is 5.78 Å². The van der Waals surface area contributed by atoms with Gasteiger partial charge in [-0.1, -0.05) is 140 Å². The Labute approximate surface area is 670 Å². The SMILES string of the molecule is CCCC[C@H](CNC(C)C(=O)C(=O)C(C)NC(=O)[C@]1(C)CCC/C=C/CCCCCC[C@@](C)(NC(=O)[C@H](Cc2ccccc2)NC(=O)[C@@H](NC(=O)[C@H](CC(C)C)NC(C)=O)[C@@H](C)O)C(=O)NC(C)C(=O)N[C@@H](Cc2ccc(O)cc2)C(=O)N[C@@H](Cc2c[nH]c3ccccc23)C(=O)CC[C@@H](CC(C)C)C(=O)N1)C(=O)NC(C)C(N)=O. The van der Waals surface area contributed by atoms with Crippen molar-refractivity contribution in [2.75, 3.05) is 6.54 Å². The molecule has 0 saturated carbocycles. The van der Waals surface area contributed by atoms with E-state index in [1.807, 2.05) is 71.0 Å². The number of nitrogens with two attached hydrogens (primary N) is 1. The number of hydrogen-bond acceptors (Lipinski definition) is 17. The number of H-pyrrole nitrogens is 1. The number of amides is 11. The van der Waals surface area contributed by atoms with Crippen molar-refractivity contribution >= 4 is 93.2 Å². The van der Waals surface area contributed by atoms with Crippen LogP contribution >= 0.6 is 0 Å². The van der Waals surface area contributed by atoms with Gasteiger partial charge >= 0.3 is 0 Å². The minimum absolute atomic E-state index is 0.00592. The van der Waals surface area contributed by atoms with Crippen molar-refractivity contribution in [2.24, 2.45) is 29.4 Å².